The van der Waals surface area contributed by atoms with E-state index in [1.54, 1.807) is 0 Å². The van der Waals surface area contributed by atoms with E-state index < -0.39 is 45.7 Å². The highest BCUT2D eigenvalue weighted by Gasteiger charge is 2.78. The Morgan fingerprint density at radius 3 is 2.27 bits per heavy atom. The van der Waals surface area contributed by atoms with Gasteiger partial charge in [-0.25, -0.2) is 4.79 Å². The number of ether oxygens (including phenoxy) is 2. The fourth-order valence-corrected chi connectivity index (χ4v) is 11.3. The van der Waals surface area contributed by atoms with E-state index in [4.69, 9.17) is 18.3 Å². The Morgan fingerprint density at radius 2 is 1.70 bits per heavy atom. The van der Waals surface area contributed by atoms with Gasteiger partial charge in [-0.3, -0.25) is 0 Å². The van der Waals surface area contributed by atoms with Gasteiger partial charge in [-0.2, -0.15) is 0 Å². The van der Waals surface area contributed by atoms with Crippen molar-refractivity contribution in [3.63, 3.8) is 0 Å². The van der Waals surface area contributed by atoms with Gasteiger partial charge in [0.15, 0.2) is 28.3 Å². The molecule has 1 heterocycles. The fourth-order valence-electron chi connectivity index (χ4n) is 8.48. The van der Waals surface area contributed by atoms with Crippen LogP contribution in [0.15, 0.2) is 11.6 Å². The van der Waals surface area contributed by atoms with Crippen LogP contribution in [0.25, 0.3) is 0 Å². The molecule has 37 heavy (non-hydrogen) atoms. The van der Waals surface area contributed by atoms with Crippen molar-refractivity contribution in [2.24, 2.45) is 29.1 Å². The Morgan fingerprint density at radius 1 is 1.08 bits per heavy atom. The molecule has 0 aromatic carbocycles. The Kier molecular flexibility index (Phi) is 5.83. The molecule has 1 aliphatic heterocycles. The van der Waals surface area contributed by atoms with Crippen LogP contribution in [-0.2, 0) is 18.3 Å². The Bertz CT molecular complexity index is 1020. The molecule has 210 valence electrons. The van der Waals surface area contributed by atoms with E-state index in [0.717, 1.165) is 18.4 Å². The number of aliphatic hydroxyl groups is 1. The van der Waals surface area contributed by atoms with E-state index in [1.807, 2.05) is 13.0 Å². The molecule has 1 spiro atoms. The number of carbonyl (C=O) groups is 1. The summed E-state index contributed by atoms with van der Waals surface area (Å²) in [7, 11) is -4.31. The van der Waals surface area contributed by atoms with Crippen LogP contribution in [0.1, 0.15) is 67.7 Å². The summed E-state index contributed by atoms with van der Waals surface area (Å²) in [6.07, 6.45) is 2.88. The van der Waals surface area contributed by atoms with E-state index in [-0.39, 0.29) is 28.4 Å². The average molecular weight is 551 g/mol. The van der Waals surface area contributed by atoms with Crippen LogP contribution in [0.5, 0.6) is 0 Å². The molecule has 0 aromatic heterocycles. The highest BCUT2D eigenvalue weighted by Crippen LogP contribution is 2.74. The Hall–Kier alpha value is -0.676. The van der Waals surface area contributed by atoms with Crippen molar-refractivity contribution in [1.29, 1.82) is 0 Å². The molecule has 8 heteroatoms. The maximum absolute atomic E-state index is 12.9. The summed E-state index contributed by atoms with van der Waals surface area (Å²) in [5, 5.41) is 11.5. The lowest BCUT2D eigenvalue weighted by atomic mass is 9.67. The maximum Gasteiger partial charge on any atom is 0.509 e. The van der Waals surface area contributed by atoms with Crippen LogP contribution >= 0.6 is 0 Å². The number of hydrogen-bond donors (Lipinski definition) is 1. The summed E-state index contributed by atoms with van der Waals surface area (Å²) < 4.78 is 27.1. The molecule has 4 fully saturated rings. The highest BCUT2D eigenvalue weighted by molar-refractivity contribution is 6.74. The van der Waals surface area contributed by atoms with Crippen LogP contribution in [0, 0.1) is 29.1 Å². The number of carbonyl (C=O) groups excluding carboxylic acids is 1. The molecule has 5 aliphatic rings. The zero-order valence-corrected chi connectivity index (χ0v) is 27.2. The van der Waals surface area contributed by atoms with Crippen molar-refractivity contribution < 1.29 is 28.2 Å². The first kappa shape index (κ1) is 27.9. The monoisotopic (exact) mass is 550 g/mol. The summed E-state index contributed by atoms with van der Waals surface area (Å²) in [5.74, 6) is 1.05. The molecule has 0 radical (unpaired) electrons. The molecule has 6 nitrogen and oxygen atoms in total. The topological polar surface area (TPSA) is 74.2 Å². The standard InChI is InChI=1S/C29H50O6Si2/c1-17-22(34-37(11,12)25(2,3)4)21-20-18(26(20,5)6)13-14-28(21,35-36(8,9)10)19-15-27(7,31)16-29(19)23(17)32-24(30)33-29/h15,17-18,20-23,31H,13-14,16H2,1-12H3/t17-,18+,20-,21+,22+,23+,27+,28-,29-/m0/s1. The molecular weight excluding hydrogens is 500 g/mol. The highest BCUT2D eigenvalue weighted by atomic mass is 28.4. The second-order valence-electron chi connectivity index (χ2n) is 16.2. The molecule has 0 amide bonds. The van der Waals surface area contributed by atoms with Crippen molar-refractivity contribution in [3.05, 3.63) is 11.6 Å². The van der Waals surface area contributed by atoms with Gasteiger partial charge in [-0.05, 0) is 80.9 Å². The number of rotatable bonds is 4. The maximum atomic E-state index is 12.9. The zero-order valence-electron chi connectivity index (χ0n) is 25.2. The van der Waals surface area contributed by atoms with Gasteiger partial charge in [0.05, 0.1) is 17.3 Å². The Labute approximate surface area is 226 Å². The molecule has 9 atom stereocenters. The van der Waals surface area contributed by atoms with Crippen LogP contribution in [0.2, 0.25) is 37.8 Å². The fraction of sp³-hybridized carbons (Fsp3) is 0.897. The van der Waals surface area contributed by atoms with Gasteiger partial charge in [-0.15, -0.1) is 0 Å². The number of hydrogen-bond acceptors (Lipinski definition) is 6. The Balaban J connectivity index is 1.78. The van der Waals surface area contributed by atoms with Crippen molar-refractivity contribution in [2.75, 3.05) is 0 Å². The van der Waals surface area contributed by atoms with Gasteiger partial charge >= 0.3 is 6.16 Å². The van der Waals surface area contributed by atoms with Gasteiger partial charge in [-0.1, -0.05) is 41.5 Å². The van der Waals surface area contributed by atoms with Gasteiger partial charge in [0.2, 0.25) is 0 Å². The molecule has 0 bridgehead atoms. The minimum atomic E-state index is -2.20. The van der Waals surface area contributed by atoms with Gasteiger partial charge in [0, 0.05) is 23.8 Å². The van der Waals surface area contributed by atoms with Crippen molar-refractivity contribution in [1.82, 2.24) is 0 Å². The third-order valence-corrected chi connectivity index (χ3v) is 16.4. The van der Waals surface area contributed by atoms with E-state index in [9.17, 15) is 9.90 Å². The second-order valence-corrected chi connectivity index (χ2v) is 25.4. The smallest absolute Gasteiger partial charge is 0.426 e. The lowest BCUT2D eigenvalue weighted by molar-refractivity contribution is -0.0816. The second kappa shape index (κ2) is 7.74. The largest absolute Gasteiger partial charge is 0.509 e. The first-order valence-corrected chi connectivity index (χ1v) is 20.6. The third kappa shape index (κ3) is 3.98. The van der Waals surface area contributed by atoms with Crippen LogP contribution in [0.3, 0.4) is 0 Å². The molecule has 1 N–H and O–H groups in total. The summed E-state index contributed by atoms with van der Waals surface area (Å²) in [5.41, 5.74) is -1.66. The van der Waals surface area contributed by atoms with Crippen molar-refractivity contribution >= 4 is 22.8 Å². The van der Waals surface area contributed by atoms with Gasteiger partial charge < -0.3 is 23.4 Å². The zero-order chi connectivity index (χ0) is 27.8. The molecular formula is C29H50O6Si2. The predicted molar refractivity (Wildman–Crippen MR) is 149 cm³/mol. The van der Waals surface area contributed by atoms with Gasteiger partial charge in [0.25, 0.3) is 0 Å². The molecule has 0 aromatic rings. The number of fused-ring (bicyclic) bond motifs is 4. The lowest BCUT2D eigenvalue weighted by Crippen LogP contribution is -2.59. The molecule has 1 saturated heterocycles. The molecule has 4 aliphatic carbocycles. The first-order valence-electron chi connectivity index (χ1n) is 14.3. The first-order chi connectivity index (χ1) is 16.6. The van der Waals surface area contributed by atoms with Crippen LogP contribution in [0.4, 0.5) is 4.79 Å². The molecule has 0 unspecified atom stereocenters. The summed E-state index contributed by atoms with van der Waals surface area (Å²) in [4.78, 5) is 12.9. The predicted octanol–water partition coefficient (Wildman–Crippen LogP) is 6.65. The SMILES string of the molecule is C[C@H]1[C@@H](O[Si](C)(C)C(C)(C)C)[C@H]2[C@@H]3[C@@H](CC[C@]2(O[Si](C)(C)C)C2=C[C@@](C)(O)C[C@]24OC(=O)O[C@H]14)C3(C)C. The lowest BCUT2D eigenvalue weighted by Gasteiger charge is -2.53. The minimum absolute atomic E-state index is 0.0355. The molecule has 5 rings (SSSR count). The molecule has 3 saturated carbocycles. The van der Waals surface area contributed by atoms with Gasteiger partial charge in [0.1, 0.15) is 0 Å². The van der Waals surface area contributed by atoms with Crippen molar-refractivity contribution in [2.45, 2.75) is 135 Å². The summed E-state index contributed by atoms with van der Waals surface area (Å²) in [6.45, 7) is 27.0. The van der Waals surface area contributed by atoms with E-state index in [0.29, 0.717) is 18.3 Å². The average Bonchev–Trinajstić information content (AvgIpc) is 2.96. The third-order valence-electron chi connectivity index (χ3n) is 10.9. The van der Waals surface area contributed by atoms with Crippen LogP contribution < -0.4 is 0 Å². The normalized spacial score (nSPS) is 46.5. The van der Waals surface area contributed by atoms with E-state index in [1.165, 1.54) is 0 Å². The summed E-state index contributed by atoms with van der Waals surface area (Å²) in [6, 6.07) is 0. The van der Waals surface area contributed by atoms with Crippen molar-refractivity contribution in [3.8, 4) is 0 Å². The quantitative estimate of drug-likeness (QED) is 0.240. The van der Waals surface area contributed by atoms with E-state index >= 15 is 0 Å². The minimum Gasteiger partial charge on any atom is -0.426 e. The van der Waals surface area contributed by atoms with E-state index in [2.05, 4.69) is 74.3 Å². The summed E-state index contributed by atoms with van der Waals surface area (Å²) >= 11 is 0. The van der Waals surface area contributed by atoms with Crippen LogP contribution in [-0.4, -0.2) is 56.9 Å².